The molecule has 0 saturated heterocycles. The number of alkyl halides is 3. The SMILES string of the molecule is CNCc1ccc(N(C)Cc2ccsc2)c(C(F)(F)F)c1. The fraction of sp³-hybridized carbons (Fsp3) is 0.333. The average Bonchev–Trinajstić information content (AvgIpc) is 2.91. The summed E-state index contributed by atoms with van der Waals surface area (Å²) < 4.78 is 39.8. The standard InChI is InChI=1S/C15H17F3N2S/c1-19-8-11-3-4-14(13(7-11)15(16,17)18)20(2)9-12-5-6-21-10-12/h3-7,10,19H,8-9H2,1-2H3. The highest BCUT2D eigenvalue weighted by atomic mass is 32.1. The lowest BCUT2D eigenvalue weighted by Gasteiger charge is -2.24. The largest absolute Gasteiger partial charge is 0.418 e. The van der Waals surface area contributed by atoms with Crippen LogP contribution in [0.5, 0.6) is 0 Å². The number of anilines is 1. The van der Waals surface area contributed by atoms with Crippen LogP contribution in [0.4, 0.5) is 18.9 Å². The van der Waals surface area contributed by atoms with Gasteiger partial charge in [0.05, 0.1) is 5.56 Å². The van der Waals surface area contributed by atoms with Gasteiger partial charge in [-0.2, -0.15) is 24.5 Å². The Morgan fingerprint density at radius 2 is 1.95 bits per heavy atom. The Balaban J connectivity index is 2.33. The lowest BCUT2D eigenvalue weighted by atomic mass is 10.1. The first-order valence-corrected chi connectivity index (χ1v) is 7.43. The number of hydrogen-bond donors (Lipinski definition) is 1. The van der Waals surface area contributed by atoms with E-state index in [4.69, 9.17) is 0 Å². The van der Waals surface area contributed by atoms with Gasteiger partial charge in [-0.15, -0.1) is 0 Å². The van der Waals surface area contributed by atoms with Crippen molar-refractivity contribution in [1.82, 2.24) is 5.32 Å². The molecule has 2 aromatic rings. The lowest BCUT2D eigenvalue weighted by molar-refractivity contribution is -0.137. The quantitative estimate of drug-likeness (QED) is 0.893. The molecule has 0 atom stereocenters. The summed E-state index contributed by atoms with van der Waals surface area (Å²) >= 11 is 1.54. The van der Waals surface area contributed by atoms with E-state index in [2.05, 4.69) is 5.32 Å². The van der Waals surface area contributed by atoms with Crippen LogP contribution in [0.25, 0.3) is 0 Å². The van der Waals surface area contributed by atoms with Crippen molar-refractivity contribution >= 4 is 17.0 Å². The molecule has 0 unspecified atom stereocenters. The van der Waals surface area contributed by atoms with Crippen molar-refractivity contribution in [2.75, 3.05) is 19.0 Å². The second kappa shape index (κ2) is 6.49. The fourth-order valence-electron chi connectivity index (χ4n) is 2.20. The van der Waals surface area contributed by atoms with Crippen molar-refractivity contribution in [2.24, 2.45) is 0 Å². The predicted molar refractivity (Wildman–Crippen MR) is 80.6 cm³/mol. The third-order valence-corrected chi connectivity index (χ3v) is 3.89. The van der Waals surface area contributed by atoms with Crippen molar-refractivity contribution < 1.29 is 13.2 Å². The summed E-state index contributed by atoms with van der Waals surface area (Å²) in [4.78, 5) is 1.63. The number of hydrogen-bond acceptors (Lipinski definition) is 3. The smallest absolute Gasteiger partial charge is 0.370 e. The van der Waals surface area contributed by atoms with Crippen molar-refractivity contribution in [3.63, 3.8) is 0 Å². The van der Waals surface area contributed by atoms with E-state index in [9.17, 15) is 13.2 Å². The molecule has 2 nitrogen and oxygen atoms in total. The van der Waals surface area contributed by atoms with E-state index in [1.165, 1.54) is 17.4 Å². The van der Waals surface area contributed by atoms with E-state index in [0.717, 1.165) is 5.56 Å². The van der Waals surface area contributed by atoms with Gasteiger partial charge in [0.25, 0.3) is 0 Å². The normalized spacial score (nSPS) is 11.7. The molecule has 0 aliphatic carbocycles. The molecule has 0 saturated carbocycles. The van der Waals surface area contributed by atoms with Crippen LogP contribution < -0.4 is 10.2 Å². The molecule has 1 aromatic heterocycles. The molecule has 2 rings (SSSR count). The molecule has 6 heteroatoms. The van der Waals surface area contributed by atoms with Gasteiger partial charge < -0.3 is 10.2 Å². The monoisotopic (exact) mass is 314 g/mol. The van der Waals surface area contributed by atoms with Gasteiger partial charge in [0.1, 0.15) is 0 Å². The molecule has 1 heterocycles. The van der Waals surface area contributed by atoms with Gasteiger partial charge in [0.15, 0.2) is 0 Å². The Hall–Kier alpha value is -1.53. The van der Waals surface area contributed by atoms with Crippen molar-refractivity contribution in [2.45, 2.75) is 19.3 Å². The molecule has 0 amide bonds. The van der Waals surface area contributed by atoms with Gasteiger partial charge in [0.2, 0.25) is 0 Å². The fourth-order valence-corrected chi connectivity index (χ4v) is 2.86. The zero-order valence-corrected chi connectivity index (χ0v) is 12.7. The highest BCUT2D eigenvalue weighted by Gasteiger charge is 2.34. The van der Waals surface area contributed by atoms with Crippen LogP contribution in [0.3, 0.4) is 0 Å². The average molecular weight is 314 g/mol. The number of nitrogens with zero attached hydrogens (tertiary/aromatic N) is 1. The second-order valence-corrected chi connectivity index (χ2v) is 5.65. The first-order chi connectivity index (χ1) is 9.91. The molecule has 21 heavy (non-hydrogen) atoms. The van der Waals surface area contributed by atoms with Gasteiger partial charge in [-0.3, -0.25) is 0 Å². The maximum absolute atomic E-state index is 13.3. The molecule has 0 aliphatic heterocycles. The van der Waals surface area contributed by atoms with Crippen LogP contribution in [-0.2, 0) is 19.3 Å². The summed E-state index contributed by atoms with van der Waals surface area (Å²) in [7, 11) is 3.39. The highest BCUT2D eigenvalue weighted by Crippen LogP contribution is 2.37. The number of halogens is 3. The molecule has 0 aliphatic rings. The van der Waals surface area contributed by atoms with E-state index < -0.39 is 11.7 Å². The molecule has 0 radical (unpaired) electrons. The van der Waals surface area contributed by atoms with Gasteiger partial charge in [-0.1, -0.05) is 6.07 Å². The first-order valence-electron chi connectivity index (χ1n) is 6.48. The Morgan fingerprint density at radius 3 is 2.52 bits per heavy atom. The number of rotatable bonds is 5. The maximum Gasteiger partial charge on any atom is 0.418 e. The molecule has 0 spiro atoms. The Kier molecular flexibility index (Phi) is 4.90. The summed E-state index contributed by atoms with van der Waals surface area (Å²) in [6.45, 7) is 0.871. The Labute approximate surface area is 126 Å². The van der Waals surface area contributed by atoms with E-state index in [1.807, 2.05) is 16.8 Å². The number of benzene rings is 1. The summed E-state index contributed by atoms with van der Waals surface area (Å²) in [6, 6.07) is 6.41. The molecular weight excluding hydrogens is 297 g/mol. The number of nitrogens with one attached hydrogen (secondary N) is 1. The van der Waals surface area contributed by atoms with Crippen LogP contribution in [0.1, 0.15) is 16.7 Å². The minimum atomic E-state index is -4.36. The Morgan fingerprint density at radius 1 is 1.19 bits per heavy atom. The van der Waals surface area contributed by atoms with Crippen LogP contribution >= 0.6 is 11.3 Å². The highest BCUT2D eigenvalue weighted by molar-refractivity contribution is 7.07. The van der Waals surface area contributed by atoms with Crippen molar-refractivity contribution in [1.29, 1.82) is 0 Å². The zero-order chi connectivity index (χ0) is 15.5. The Bertz CT molecular complexity index is 579. The van der Waals surface area contributed by atoms with Crippen LogP contribution in [0.2, 0.25) is 0 Å². The number of thiophene rings is 1. The van der Waals surface area contributed by atoms with Crippen LogP contribution in [0.15, 0.2) is 35.0 Å². The summed E-state index contributed by atoms with van der Waals surface area (Å²) in [5.41, 5.74) is 1.24. The molecule has 1 N–H and O–H groups in total. The lowest BCUT2D eigenvalue weighted by Crippen LogP contribution is -2.21. The maximum atomic E-state index is 13.3. The topological polar surface area (TPSA) is 15.3 Å². The van der Waals surface area contributed by atoms with Crippen LogP contribution in [0, 0.1) is 0 Å². The van der Waals surface area contributed by atoms with E-state index in [1.54, 1.807) is 31.1 Å². The second-order valence-electron chi connectivity index (χ2n) is 4.87. The van der Waals surface area contributed by atoms with E-state index in [-0.39, 0.29) is 5.69 Å². The molecule has 114 valence electrons. The minimum absolute atomic E-state index is 0.202. The predicted octanol–water partition coefficient (Wildman–Crippen LogP) is 4.12. The van der Waals surface area contributed by atoms with Crippen LogP contribution in [-0.4, -0.2) is 14.1 Å². The van der Waals surface area contributed by atoms with Gasteiger partial charge in [0, 0.05) is 25.8 Å². The third-order valence-electron chi connectivity index (χ3n) is 3.16. The zero-order valence-electron chi connectivity index (χ0n) is 11.9. The molecule has 1 aromatic carbocycles. The van der Waals surface area contributed by atoms with Crippen molar-refractivity contribution in [3.8, 4) is 0 Å². The molecule has 0 fully saturated rings. The van der Waals surface area contributed by atoms with Gasteiger partial charge >= 0.3 is 6.18 Å². The summed E-state index contributed by atoms with van der Waals surface area (Å²) in [6.07, 6.45) is -4.36. The van der Waals surface area contributed by atoms with Crippen molar-refractivity contribution in [3.05, 3.63) is 51.7 Å². The van der Waals surface area contributed by atoms with E-state index >= 15 is 0 Å². The summed E-state index contributed by atoms with van der Waals surface area (Å²) in [5, 5.41) is 6.73. The first kappa shape index (κ1) is 15.9. The minimum Gasteiger partial charge on any atom is -0.370 e. The molecule has 0 bridgehead atoms. The molecular formula is C15H17F3N2S. The third kappa shape index (κ3) is 3.98. The summed E-state index contributed by atoms with van der Waals surface area (Å²) in [5.74, 6) is 0. The van der Waals surface area contributed by atoms with Gasteiger partial charge in [-0.25, -0.2) is 0 Å². The van der Waals surface area contributed by atoms with Gasteiger partial charge in [-0.05, 0) is 47.1 Å². The van der Waals surface area contributed by atoms with E-state index in [0.29, 0.717) is 18.7 Å².